The Labute approximate surface area is 178 Å². The molecule has 2 aromatic carbocycles. The van der Waals surface area contributed by atoms with Gasteiger partial charge in [0.25, 0.3) is 0 Å². The zero-order valence-electron chi connectivity index (χ0n) is 15.7. The Balaban J connectivity index is 1.30. The molecule has 0 saturated heterocycles. The fourth-order valence-corrected chi connectivity index (χ4v) is 4.76. The lowest BCUT2D eigenvalue weighted by Crippen LogP contribution is -2.24. The van der Waals surface area contributed by atoms with Crippen LogP contribution in [0.25, 0.3) is 11.1 Å². The van der Waals surface area contributed by atoms with Crippen LogP contribution in [0, 0.1) is 0 Å². The number of hydrogen-bond acceptors (Lipinski definition) is 4. The lowest BCUT2D eigenvalue weighted by molar-refractivity contribution is -0.120. The van der Waals surface area contributed by atoms with Crippen molar-refractivity contribution in [3.05, 3.63) is 104 Å². The molecule has 1 atom stereocenters. The molecule has 2 N–H and O–H groups in total. The number of aliphatic hydroxyl groups excluding tert-OH is 1. The zero-order chi connectivity index (χ0) is 20.1. The summed E-state index contributed by atoms with van der Waals surface area (Å²) in [7, 11) is 0. The van der Waals surface area contributed by atoms with E-state index < -0.39 is 6.10 Å². The van der Waals surface area contributed by atoms with E-state index in [4.69, 9.17) is 0 Å². The van der Waals surface area contributed by atoms with Gasteiger partial charge in [-0.25, -0.2) is 0 Å². The molecule has 3 nitrogen and oxygen atoms in total. The van der Waals surface area contributed by atoms with Gasteiger partial charge in [-0.15, -0.1) is 11.3 Å². The fraction of sp³-hybridized carbons (Fsp3) is 0.125. The molecule has 29 heavy (non-hydrogen) atoms. The Kier molecular flexibility index (Phi) is 6.20. The van der Waals surface area contributed by atoms with E-state index in [0.717, 1.165) is 26.4 Å². The van der Waals surface area contributed by atoms with Crippen molar-refractivity contribution < 1.29 is 9.90 Å². The summed E-state index contributed by atoms with van der Waals surface area (Å²) in [4.78, 5) is 14.2. The molecule has 2 aromatic heterocycles. The molecule has 1 amide bonds. The van der Waals surface area contributed by atoms with Gasteiger partial charge in [0.15, 0.2) is 0 Å². The minimum atomic E-state index is -0.598. The second kappa shape index (κ2) is 9.18. The van der Waals surface area contributed by atoms with Crippen molar-refractivity contribution in [1.82, 2.24) is 5.32 Å². The average molecular weight is 420 g/mol. The predicted octanol–water partition coefficient (Wildman–Crippen LogP) is 5.42. The molecule has 0 aliphatic rings. The van der Waals surface area contributed by atoms with Gasteiger partial charge in [0.05, 0.1) is 13.0 Å². The highest BCUT2D eigenvalue weighted by Gasteiger charge is 2.14. The SMILES string of the molecule is O=C(Cc1ccc(-c2ccccc2)cc1)NCc1ccc(C(O)c2ccsc2)s1. The number of amides is 1. The van der Waals surface area contributed by atoms with Crippen LogP contribution in [0.5, 0.6) is 0 Å². The number of rotatable bonds is 7. The fourth-order valence-electron chi connectivity index (χ4n) is 3.11. The molecule has 0 spiro atoms. The first-order valence-electron chi connectivity index (χ1n) is 9.39. The van der Waals surface area contributed by atoms with Crippen molar-refractivity contribution in [2.75, 3.05) is 0 Å². The third-order valence-electron chi connectivity index (χ3n) is 4.70. The Morgan fingerprint density at radius 2 is 1.69 bits per heavy atom. The quantitative estimate of drug-likeness (QED) is 0.420. The van der Waals surface area contributed by atoms with Crippen LogP contribution in [-0.4, -0.2) is 11.0 Å². The summed E-state index contributed by atoms with van der Waals surface area (Å²) >= 11 is 3.10. The highest BCUT2D eigenvalue weighted by molar-refractivity contribution is 7.12. The van der Waals surface area contributed by atoms with Gasteiger partial charge in [-0.05, 0) is 51.2 Å². The maximum absolute atomic E-state index is 12.3. The van der Waals surface area contributed by atoms with Crippen molar-refractivity contribution in [3.63, 3.8) is 0 Å². The Bertz CT molecular complexity index is 1050. The first-order chi connectivity index (χ1) is 14.2. The van der Waals surface area contributed by atoms with E-state index in [0.29, 0.717) is 13.0 Å². The van der Waals surface area contributed by atoms with Gasteiger partial charge in [0, 0.05) is 9.75 Å². The van der Waals surface area contributed by atoms with E-state index in [-0.39, 0.29) is 5.91 Å². The Hall–Kier alpha value is -2.73. The molecule has 146 valence electrons. The molecule has 0 fully saturated rings. The van der Waals surface area contributed by atoms with Crippen molar-refractivity contribution in [1.29, 1.82) is 0 Å². The second-order valence-corrected chi connectivity index (χ2v) is 8.76. The minimum Gasteiger partial charge on any atom is -0.383 e. The number of carbonyl (C=O) groups excluding carboxylic acids is 1. The van der Waals surface area contributed by atoms with Crippen molar-refractivity contribution in [2.24, 2.45) is 0 Å². The van der Waals surface area contributed by atoms with E-state index in [2.05, 4.69) is 29.6 Å². The van der Waals surface area contributed by atoms with Crippen molar-refractivity contribution in [3.8, 4) is 11.1 Å². The van der Waals surface area contributed by atoms with Gasteiger partial charge in [-0.3, -0.25) is 4.79 Å². The van der Waals surface area contributed by atoms with Gasteiger partial charge < -0.3 is 10.4 Å². The normalized spacial score (nSPS) is 11.9. The van der Waals surface area contributed by atoms with E-state index in [1.807, 2.05) is 59.3 Å². The molecule has 0 radical (unpaired) electrons. The molecule has 0 aliphatic heterocycles. The van der Waals surface area contributed by atoms with Crippen molar-refractivity contribution >= 4 is 28.6 Å². The minimum absolute atomic E-state index is 0.00852. The summed E-state index contributed by atoms with van der Waals surface area (Å²) in [6.45, 7) is 0.474. The van der Waals surface area contributed by atoms with Gasteiger partial charge in [0.1, 0.15) is 6.10 Å². The van der Waals surface area contributed by atoms with Crippen LogP contribution in [-0.2, 0) is 17.8 Å². The van der Waals surface area contributed by atoms with Crippen LogP contribution in [0.15, 0.2) is 83.6 Å². The summed E-state index contributed by atoms with van der Waals surface area (Å²) in [5.74, 6) is -0.00852. The first-order valence-corrected chi connectivity index (χ1v) is 11.1. The number of nitrogens with one attached hydrogen (secondary N) is 1. The smallest absolute Gasteiger partial charge is 0.224 e. The van der Waals surface area contributed by atoms with Crippen LogP contribution >= 0.6 is 22.7 Å². The maximum atomic E-state index is 12.3. The summed E-state index contributed by atoms with van der Waals surface area (Å²) in [6, 6.07) is 24.1. The highest BCUT2D eigenvalue weighted by Crippen LogP contribution is 2.29. The predicted molar refractivity (Wildman–Crippen MR) is 120 cm³/mol. The van der Waals surface area contributed by atoms with Gasteiger partial charge in [0.2, 0.25) is 5.91 Å². The van der Waals surface area contributed by atoms with Gasteiger partial charge in [-0.2, -0.15) is 11.3 Å². The van der Waals surface area contributed by atoms with E-state index >= 15 is 0 Å². The zero-order valence-corrected chi connectivity index (χ0v) is 17.4. The molecule has 4 aromatic rings. The van der Waals surface area contributed by atoms with E-state index in [9.17, 15) is 9.90 Å². The Morgan fingerprint density at radius 3 is 2.41 bits per heavy atom. The summed E-state index contributed by atoms with van der Waals surface area (Å²) in [6.07, 6.45) is -0.246. The maximum Gasteiger partial charge on any atom is 0.224 e. The van der Waals surface area contributed by atoms with E-state index in [1.165, 1.54) is 16.9 Å². The van der Waals surface area contributed by atoms with Crippen LogP contribution in [0.3, 0.4) is 0 Å². The molecular formula is C24H21NO2S2. The summed E-state index contributed by atoms with van der Waals surface area (Å²) < 4.78 is 0. The standard InChI is InChI=1S/C24H21NO2S2/c26-23(14-17-6-8-19(9-7-17)18-4-2-1-3-5-18)25-15-21-10-11-22(29-21)24(27)20-12-13-28-16-20/h1-13,16,24,27H,14-15H2,(H,25,26). The summed E-state index contributed by atoms with van der Waals surface area (Å²) in [5.41, 5.74) is 4.21. The molecule has 2 heterocycles. The molecule has 0 bridgehead atoms. The lowest BCUT2D eigenvalue weighted by atomic mass is 10.0. The van der Waals surface area contributed by atoms with Crippen LogP contribution in [0.1, 0.15) is 27.0 Å². The van der Waals surface area contributed by atoms with Gasteiger partial charge >= 0.3 is 0 Å². The largest absolute Gasteiger partial charge is 0.383 e. The number of hydrogen-bond donors (Lipinski definition) is 2. The molecular weight excluding hydrogens is 398 g/mol. The average Bonchev–Trinajstić information content (AvgIpc) is 3.45. The number of thiophene rings is 2. The second-order valence-electron chi connectivity index (χ2n) is 6.78. The topological polar surface area (TPSA) is 49.3 Å². The molecule has 4 rings (SSSR count). The molecule has 0 saturated carbocycles. The highest BCUT2D eigenvalue weighted by atomic mass is 32.1. The third kappa shape index (κ3) is 5.01. The van der Waals surface area contributed by atoms with Crippen LogP contribution in [0.2, 0.25) is 0 Å². The summed E-state index contributed by atoms with van der Waals surface area (Å²) in [5, 5.41) is 17.3. The third-order valence-corrected chi connectivity index (χ3v) is 6.54. The van der Waals surface area contributed by atoms with Crippen molar-refractivity contribution in [2.45, 2.75) is 19.1 Å². The van der Waals surface area contributed by atoms with E-state index in [1.54, 1.807) is 11.3 Å². The molecule has 1 unspecified atom stereocenters. The molecule has 0 aliphatic carbocycles. The number of carbonyl (C=O) groups is 1. The van der Waals surface area contributed by atoms with Crippen LogP contribution < -0.4 is 5.32 Å². The Morgan fingerprint density at radius 1 is 0.931 bits per heavy atom. The van der Waals surface area contributed by atoms with Gasteiger partial charge in [-0.1, -0.05) is 54.6 Å². The molecule has 5 heteroatoms. The lowest BCUT2D eigenvalue weighted by Gasteiger charge is -2.07. The number of benzene rings is 2. The van der Waals surface area contributed by atoms with Crippen LogP contribution in [0.4, 0.5) is 0 Å². The first kappa shape index (κ1) is 19.6. The monoisotopic (exact) mass is 419 g/mol. The number of aliphatic hydroxyl groups is 1.